The molecule has 0 aromatic heterocycles. The fourth-order valence-electron chi connectivity index (χ4n) is 11.1. The number of allylic oxidation sites excluding steroid dienone is 2. The van der Waals surface area contributed by atoms with Gasteiger partial charge in [0.25, 0.3) is 0 Å². The molecule has 262 valence electrons. The van der Waals surface area contributed by atoms with Crippen molar-refractivity contribution < 1.29 is 29.3 Å². The van der Waals surface area contributed by atoms with E-state index < -0.39 is 18.2 Å². The van der Waals surface area contributed by atoms with Crippen molar-refractivity contribution in [2.24, 2.45) is 45.7 Å². The average Bonchev–Trinajstić information content (AvgIpc) is 3.23. The lowest BCUT2D eigenvalue weighted by Gasteiger charge is -2.69. The van der Waals surface area contributed by atoms with Gasteiger partial charge in [0.15, 0.2) is 0 Å². The SMILES string of the molecule is CC(=O)O[C@H]1C[C@@]2(C)[C@@H](C[C@@H](O)[C@H]3[C@@]4(C)CC[C@@H](OCCCN(C)CCCN)[C@@H](C)[C@@H]4CC[C@@]32C)/C1=C(\CCC=C(C)C)C(=O)O. The van der Waals surface area contributed by atoms with E-state index in [9.17, 15) is 19.8 Å². The molecule has 0 heterocycles. The number of nitrogens with zero attached hydrogens (tertiary/aromatic N) is 1. The Balaban J connectivity index is 1.59. The number of carboxylic acids is 1. The highest BCUT2D eigenvalue weighted by Crippen LogP contribution is 2.74. The monoisotopic (exact) mass is 644 g/mol. The van der Waals surface area contributed by atoms with Crippen LogP contribution in [0.3, 0.4) is 0 Å². The van der Waals surface area contributed by atoms with E-state index >= 15 is 0 Å². The number of carboxylic acid groups (broad SMARTS) is 1. The lowest BCUT2D eigenvalue weighted by Crippen LogP contribution is -2.65. The third-order valence-corrected chi connectivity index (χ3v) is 13.3. The highest BCUT2D eigenvalue weighted by Gasteiger charge is 2.71. The maximum Gasteiger partial charge on any atom is 0.331 e. The fourth-order valence-corrected chi connectivity index (χ4v) is 11.1. The van der Waals surface area contributed by atoms with Crippen molar-refractivity contribution in [3.8, 4) is 0 Å². The molecule has 0 bridgehead atoms. The van der Waals surface area contributed by atoms with E-state index in [0.29, 0.717) is 43.1 Å². The number of carbonyl (C=O) groups excluding carboxylic acids is 1. The van der Waals surface area contributed by atoms with Crippen molar-refractivity contribution >= 4 is 11.9 Å². The summed E-state index contributed by atoms with van der Waals surface area (Å²) in [5.41, 5.74) is 7.34. The van der Waals surface area contributed by atoms with Gasteiger partial charge in [0.05, 0.1) is 12.2 Å². The van der Waals surface area contributed by atoms with Crippen molar-refractivity contribution in [3.05, 3.63) is 22.8 Å². The van der Waals surface area contributed by atoms with Gasteiger partial charge < -0.3 is 30.3 Å². The number of fused-ring (bicyclic) bond motifs is 5. The average molecular weight is 645 g/mol. The Bertz CT molecular complexity index is 1160. The van der Waals surface area contributed by atoms with E-state index in [1.54, 1.807) is 0 Å². The van der Waals surface area contributed by atoms with Crippen LogP contribution in [-0.2, 0) is 19.1 Å². The molecule has 8 heteroatoms. The molecule has 0 aliphatic heterocycles. The van der Waals surface area contributed by atoms with Crippen LogP contribution in [0.15, 0.2) is 22.8 Å². The first-order valence-corrected chi connectivity index (χ1v) is 18.1. The molecule has 0 aromatic rings. The number of aliphatic hydroxyl groups excluding tert-OH is 1. The Hall–Kier alpha value is -1.74. The number of nitrogens with two attached hydrogens (primary N) is 1. The maximum atomic E-state index is 12.8. The largest absolute Gasteiger partial charge is 0.478 e. The van der Waals surface area contributed by atoms with Gasteiger partial charge in [-0.25, -0.2) is 4.79 Å². The summed E-state index contributed by atoms with van der Waals surface area (Å²) in [4.78, 5) is 27.5. The van der Waals surface area contributed by atoms with E-state index in [4.69, 9.17) is 15.2 Å². The second-order valence-electron chi connectivity index (χ2n) is 16.3. The van der Waals surface area contributed by atoms with Crippen LogP contribution in [0.25, 0.3) is 0 Å². The molecule has 4 N–H and O–H groups in total. The molecule has 46 heavy (non-hydrogen) atoms. The predicted molar refractivity (Wildman–Crippen MR) is 182 cm³/mol. The summed E-state index contributed by atoms with van der Waals surface area (Å²) in [6.45, 7) is 18.4. The lowest BCUT2D eigenvalue weighted by molar-refractivity contribution is -0.237. The Morgan fingerprint density at radius 2 is 1.76 bits per heavy atom. The summed E-state index contributed by atoms with van der Waals surface area (Å²) in [6, 6.07) is 0. The van der Waals surface area contributed by atoms with Crippen LogP contribution in [0, 0.1) is 39.9 Å². The van der Waals surface area contributed by atoms with Crippen LogP contribution in [0.5, 0.6) is 0 Å². The van der Waals surface area contributed by atoms with Gasteiger partial charge in [0.1, 0.15) is 6.10 Å². The number of aliphatic hydroxyl groups is 1. The zero-order chi connectivity index (χ0) is 34.0. The molecule has 4 aliphatic carbocycles. The van der Waals surface area contributed by atoms with E-state index in [1.165, 1.54) is 6.92 Å². The highest BCUT2D eigenvalue weighted by atomic mass is 16.5. The van der Waals surface area contributed by atoms with E-state index in [-0.39, 0.29) is 40.2 Å². The van der Waals surface area contributed by atoms with Crippen LogP contribution in [0.2, 0.25) is 0 Å². The molecule has 0 saturated heterocycles. The Morgan fingerprint density at radius 1 is 1.07 bits per heavy atom. The third kappa shape index (κ3) is 7.02. The quantitative estimate of drug-likeness (QED) is 0.0917. The number of aliphatic carboxylic acids is 1. The first-order valence-electron chi connectivity index (χ1n) is 18.1. The smallest absolute Gasteiger partial charge is 0.331 e. The molecule has 10 atom stereocenters. The van der Waals surface area contributed by atoms with Gasteiger partial charge in [0, 0.05) is 25.6 Å². The van der Waals surface area contributed by atoms with Crippen LogP contribution in [0.4, 0.5) is 0 Å². The molecule has 8 nitrogen and oxygen atoms in total. The summed E-state index contributed by atoms with van der Waals surface area (Å²) >= 11 is 0. The predicted octanol–water partition coefficient (Wildman–Crippen LogP) is 6.36. The Labute approximate surface area is 278 Å². The molecular formula is C38H64N2O6. The van der Waals surface area contributed by atoms with Crippen molar-refractivity contribution in [2.45, 2.75) is 131 Å². The van der Waals surface area contributed by atoms with Gasteiger partial charge in [-0.05, 0) is 144 Å². The third-order valence-electron chi connectivity index (χ3n) is 13.3. The number of ether oxygens (including phenoxy) is 2. The van der Waals surface area contributed by atoms with Gasteiger partial charge in [-0.1, -0.05) is 39.3 Å². The molecule has 0 amide bonds. The number of esters is 1. The summed E-state index contributed by atoms with van der Waals surface area (Å²) in [5, 5.41) is 22.7. The summed E-state index contributed by atoms with van der Waals surface area (Å²) < 4.78 is 12.5. The number of hydrogen-bond acceptors (Lipinski definition) is 7. The van der Waals surface area contributed by atoms with Crippen LogP contribution < -0.4 is 5.73 Å². The second-order valence-corrected chi connectivity index (χ2v) is 16.3. The first kappa shape index (κ1) is 37.1. The minimum Gasteiger partial charge on any atom is -0.478 e. The van der Waals surface area contributed by atoms with Gasteiger partial charge >= 0.3 is 11.9 Å². The molecule has 4 fully saturated rings. The summed E-state index contributed by atoms with van der Waals surface area (Å²) in [7, 11) is 2.15. The van der Waals surface area contributed by atoms with Gasteiger partial charge in [-0.3, -0.25) is 4.79 Å². The van der Waals surface area contributed by atoms with Gasteiger partial charge in [-0.15, -0.1) is 0 Å². The first-order chi connectivity index (χ1) is 21.6. The molecule has 4 rings (SSSR count). The number of rotatable bonds is 13. The van der Waals surface area contributed by atoms with Crippen molar-refractivity contribution in [1.29, 1.82) is 0 Å². The lowest BCUT2D eigenvalue weighted by atomic mass is 9.36. The summed E-state index contributed by atoms with van der Waals surface area (Å²) in [6.07, 6.45) is 9.36. The Kier molecular flexibility index (Phi) is 11.9. The second kappa shape index (κ2) is 14.8. The van der Waals surface area contributed by atoms with Crippen LogP contribution in [0.1, 0.15) is 113 Å². The number of carbonyl (C=O) groups is 2. The molecule has 4 saturated carbocycles. The molecule has 0 radical (unpaired) electrons. The van der Waals surface area contributed by atoms with Crippen molar-refractivity contribution in [2.75, 3.05) is 33.3 Å². The molecule has 0 unspecified atom stereocenters. The summed E-state index contributed by atoms with van der Waals surface area (Å²) in [5.74, 6) is -0.540. The standard InChI is InChI=1S/C38H64N2O6/c1-24(2)12-9-13-27(35(43)44)33-29-22-30(42)34-36(5)16-15-31(45-21-11-20-40(8)19-10-18-39)25(3)28(36)14-17-37(34,6)38(29,7)23-32(33)46-26(4)41/h12,25,28-32,34,42H,9-11,13-23,39H2,1-8H3,(H,43,44)/b33-27-/t25-,28-,29-,30+,31+,32-,34-,36-,37-,38-/m0/s1. The van der Waals surface area contributed by atoms with Gasteiger partial charge in [-0.2, -0.15) is 0 Å². The zero-order valence-corrected chi connectivity index (χ0v) is 30.1. The van der Waals surface area contributed by atoms with Crippen LogP contribution >= 0.6 is 0 Å². The minimum atomic E-state index is -0.939. The Morgan fingerprint density at radius 3 is 2.39 bits per heavy atom. The van der Waals surface area contributed by atoms with Crippen molar-refractivity contribution in [1.82, 2.24) is 4.90 Å². The molecule has 4 aliphatic rings. The maximum absolute atomic E-state index is 12.8. The normalized spacial score (nSPS) is 39.7. The molecular weight excluding hydrogens is 580 g/mol. The minimum absolute atomic E-state index is 0.0510. The van der Waals surface area contributed by atoms with E-state index in [1.807, 2.05) is 13.8 Å². The molecule has 0 spiro atoms. The zero-order valence-electron chi connectivity index (χ0n) is 30.1. The molecule has 0 aromatic carbocycles. The van der Waals surface area contributed by atoms with Crippen molar-refractivity contribution in [3.63, 3.8) is 0 Å². The van der Waals surface area contributed by atoms with E-state index in [2.05, 4.69) is 45.7 Å². The topological polar surface area (TPSA) is 122 Å². The highest BCUT2D eigenvalue weighted by molar-refractivity contribution is 5.88. The number of hydrogen-bond donors (Lipinski definition) is 3. The van der Waals surface area contributed by atoms with E-state index in [0.717, 1.165) is 75.9 Å². The fraction of sp³-hybridized carbons (Fsp3) is 0.842. The van der Waals surface area contributed by atoms with Crippen LogP contribution in [-0.4, -0.2) is 78.7 Å². The van der Waals surface area contributed by atoms with Gasteiger partial charge in [0.2, 0.25) is 0 Å².